The highest BCUT2D eigenvalue weighted by Gasteiger charge is 2.21. The molecular weight excluding hydrogens is 480 g/mol. The Morgan fingerprint density at radius 2 is 1.92 bits per heavy atom. The van der Waals surface area contributed by atoms with E-state index in [0.29, 0.717) is 22.7 Å². The second-order valence-electron chi connectivity index (χ2n) is 9.51. The number of nitrogens with one attached hydrogen (secondary N) is 3. The van der Waals surface area contributed by atoms with Crippen LogP contribution in [0.3, 0.4) is 0 Å². The zero-order chi connectivity index (χ0) is 27.2. The van der Waals surface area contributed by atoms with Crippen LogP contribution in [0.4, 0.5) is 11.4 Å². The van der Waals surface area contributed by atoms with Gasteiger partial charge in [-0.1, -0.05) is 24.8 Å². The number of pyridine rings is 1. The summed E-state index contributed by atoms with van der Waals surface area (Å²) < 4.78 is 5.56. The lowest BCUT2D eigenvalue weighted by molar-refractivity contribution is -0.114. The minimum Gasteiger partial charge on any atom is -0.495 e. The highest BCUT2D eigenvalue weighted by molar-refractivity contribution is 6.00. The fourth-order valence-electron chi connectivity index (χ4n) is 4.53. The van der Waals surface area contributed by atoms with Gasteiger partial charge in [-0.05, 0) is 62.6 Å². The van der Waals surface area contributed by atoms with E-state index in [1.165, 1.54) is 6.92 Å². The lowest BCUT2D eigenvalue weighted by atomic mass is 10.0. The number of fused-ring (bicyclic) bond motifs is 1. The van der Waals surface area contributed by atoms with E-state index in [9.17, 15) is 9.59 Å². The third-order valence-electron chi connectivity index (χ3n) is 6.57. The summed E-state index contributed by atoms with van der Waals surface area (Å²) in [6.45, 7) is 7.29. The molecule has 196 valence electrons. The second kappa shape index (κ2) is 11.8. The highest BCUT2D eigenvalue weighted by atomic mass is 16.5. The number of aromatic nitrogens is 1. The predicted molar refractivity (Wildman–Crippen MR) is 149 cm³/mol. The van der Waals surface area contributed by atoms with Crippen LogP contribution in [-0.4, -0.2) is 61.5 Å². The van der Waals surface area contributed by atoms with Crippen molar-refractivity contribution in [2.45, 2.75) is 25.8 Å². The number of likely N-dealkylation sites (tertiary alicyclic amines) is 1. The van der Waals surface area contributed by atoms with Crippen molar-refractivity contribution < 1.29 is 14.3 Å². The van der Waals surface area contributed by atoms with E-state index in [-0.39, 0.29) is 30.1 Å². The van der Waals surface area contributed by atoms with Crippen molar-refractivity contribution in [3.05, 3.63) is 60.3 Å². The van der Waals surface area contributed by atoms with Crippen LogP contribution >= 0.6 is 0 Å². The molecule has 2 heterocycles. The van der Waals surface area contributed by atoms with E-state index in [2.05, 4.69) is 39.5 Å². The molecule has 2 amide bonds. The number of carbonyl (C=O) groups excluding carboxylic acids is 2. The number of nitrogens with zero attached hydrogens (tertiary/aromatic N) is 3. The molecule has 9 heteroatoms. The zero-order valence-electron chi connectivity index (χ0n) is 21.9. The molecule has 1 aliphatic rings. The second-order valence-corrected chi connectivity index (χ2v) is 9.51. The largest absolute Gasteiger partial charge is 0.495 e. The van der Waals surface area contributed by atoms with Crippen molar-refractivity contribution in [2.75, 3.05) is 44.4 Å². The molecule has 1 aromatic heterocycles. The molecule has 2 aromatic carbocycles. The molecule has 0 aliphatic carbocycles. The van der Waals surface area contributed by atoms with Crippen LogP contribution in [0, 0.1) is 11.3 Å². The average Bonchev–Trinajstić information content (AvgIpc) is 2.91. The van der Waals surface area contributed by atoms with Gasteiger partial charge in [-0.3, -0.25) is 9.59 Å². The van der Waals surface area contributed by atoms with Gasteiger partial charge in [0.15, 0.2) is 0 Å². The monoisotopic (exact) mass is 512 g/mol. The van der Waals surface area contributed by atoms with Crippen molar-refractivity contribution in [1.82, 2.24) is 15.2 Å². The van der Waals surface area contributed by atoms with Gasteiger partial charge in [-0.2, -0.15) is 5.26 Å². The van der Waals surface area contributed by atoms with Gasteiger partial charge < -0.3 is 25.6 Å². The number of methoxy groups -OCH3 is 1. The van der Waals surface area contributed by atoms with Crippen LogP contribution in [-0.2, 0) is 4.79 Å². The maximum Gasteiger partial charge on any atom is 0.270 e. The number of nitriles is 1. The maximum atomic E-state index is 13.2. The number of hydrogen-bond acceptors (Lipinski definition) is 7. The van der Waals surface area contributed by atoms with Crippen LogP contribution in [0.1, 0.15) is 30.3 Å². The van der Waals surface area contributed by atoms with Gasteiger partial charge >= 0.3 is 0 Å². The van der Waals surface area contributed by atoms with Gasteiger partial charge in [0.05, 0.1) is 24.6 Å². The van der Waals surface area contributed by atoms with Crippen LogP contribution in [0.25, 0.3) is 22.0 Å². The minimum atomic E-state index is -0.271. The van der Waals surface area contributed by atoms with Gasteiger partial charge in [0.1, 0.15) is 11.4 Å². The lowest BCUT2D eigenvalue weighted by Gasteiger charge is -2.29. The summed E-state index contributed by atoms with van der Waals surface area (Å²) >= 11 is 0. The number of carbonyl (C=O) groups is 2. The molecular formula is C29H32N6O3. The quantitative estimate of drug-likeness (QED) is 0.387. The summed E-state index contributed by atoms with van der Waals surface area (Å²) in [4.78, 5) is 31.9. The fraction of sp³-hybridized carbons (Fsp3) is 0.310. The number of hydrogen-bond donors (Lipinski definition) is 3. The topological polar surface area (TPSA) is 119 Å². The highest BCUT2D eigenvalue weighted by Crippen LogP contribution is 2.36. The molecule has 0 spiro atoms. The van der Waals surface area contributed by atoms with Crippen molar-refractivity contribution in [2.24, 2.45) is 0 Å². The Morgan fingerprint density at radius 1 is 1.18 bits per heavy atom. The Bertz CT molecular complexity index is 1420. The normalized spacial score (nSPS) is 13.9. The first-order valence-corrected chi connectivity index (χ1v) is 12.5. The summed E-state index contributed by atoms with van der Waals surface area (Å²) in [6.07, 6.45) is 1.75. The Morgan fingerprint density at radius 3 is 2.61 bits per heavy atom. The van der Waals surface area contributed by atoms with Gasteiger partial charge in [0, 0.05) is 41.7 Å². The van der Waals surface area contributed by atoms with Gasteiger partial charge in [-0.25, -0.2) is 4.98 Å². The summed E-state index contributed by atoms with van der Waals surface area (Å²) in [5.41, 5.74) is 3.15. The van der Waals surface area contributed by atoms with Crippen LogP contribution < -0.4 is 20.7 Å². The van der Waals surface area contributed by atoms with E-state index in [1.807, 2.05) is 36.4 Å². The molecule has 0 atom stereocenters. The van der Waals surface area contributed by atoms with E-state index in [4.69, 9.17) is 10.00 Å². The zero-order valence-corrected chi connectivity index (χ0v) is 21.9. The molecule has 3 N–H and O–H groups in total. The molecule has 0 radical (unpaired) electrons. The molecule has 0 unspecified atom stereocenters. The van der Waals surface area contributed by atoms with Gasteiger partial charge in [0.2, 0.25) is 5.91 Å². The first-order valence-electron chi connectivity index (χ1n) is 12.5. The summed E-state index contributed by atoms with van der Waals surface area (Å²) in [5, 5.41) is 20.1. The fourth-order valence-corrected chi connectivity index (χ4v) is 4.53. The van der Waals surface area contributed by atoms with Gasteiger partial charge in [0.25, 0.3) is 5.91 Å². The first-order chi connectivity index (χ1) is 18.3. The molecule has 1 fully saturated rings. The number of anilines is 2. The molecule has 4 rings (SSSR count). The standard InChI is InChI=1S/C29H32N6O3/c1-18(16-30)17-31-28-24-13-21(6-5-20(24)7-8-27(28)38-4)25-14-23(32-19(2)36)15-26(34-25)29(37)33-22-9-11-35(3)12-10-22/h5-8,13-15,22,31H,1,9-12,17H2,2-4H3,(H,33,37)(H,32,34,36). The number of benzene rings is 2. The molecule has 0 saturated carbocycles. The van der Waals surface area contributed by atoms with E-state index < -0.39 is 0 Å². The molecule has 3 aromatic rings. The average molecular weight is 513 g/mol. The molecule has 0 bridgehead atoms. The summed E-state index contributed by atoms with van der Waals surface area (Å²) in [7, 11) is 3.66. The summed E-state index contributed by atoms with van der Waals surface area (Å²) in [6, 6.07) is 15.1. The predicted octanol–water partition coefficient (Wildman–Crippen LogP) is 4.18. The molecule has 1 saturated heterocycles. The van der Waals surface area contributed by atoms with E-state index in [0.717, 1.165) is 48.0 Å². The van der Waals surface area contributed by atoms with E-state index in [1.54, 1.807) is 19.2 Å². The van der Waals surface area contributed by atoms with Crippen molar-refractivity contribution >= 4 is 34.0 Å². The molecule has 38 heavy (non-hydrogen) atoms. The minimum absolute atomic E-state index is 0.0818. The lowest BCUT2D eigenvalue weighted by Crippen LogP contribution is -2.43. The SMILES string of the molecule is C=C(C#N)CNc1c(OC)ccc2ccc(-c3cc(NC(C)=O)cc(C(=O)NC4CCN(C)CC4)n3)cc12. The smallest absolute Gasteiger partial charge is 0.270 e. The van der Waals surface area contributed by atoms with Crippen LogP contribution in [0.2, 0.25) is 0 Å². The van der Waals surface area contributed by atoms with Crippen molar-refractivity contribution in [1.29, 1.82) is 5.26 Å². The Kier molecular flexibility index (Phi) is 8.24. The van der Waals surface area contributed by atoms with Gasteiger partial charge in [-0.15, -0.1) is 0 Å². The summed E-state index contributed by atoms with van der Waals surface area (Å²) in [5.74, 6) is 0.114. The third kappa shape index (κ3) is 6.28. The molecule has 1 aliphatic heterocycles. The van der Waals surface area contributed by atoms with Crippen molar-refractivity contribution in [3.8, 4) is 23.1 Å². The Balaban J connectivity index is 1.73. The number of ether oxygens (including phenoxy) is 1. The Labute approximate surface area is 222 Å². The van der Waals surface area contributed by atoms with Crippen LogP contribution in [0.15, 0.2) is 54.6 Å². The van der Waals surface area contributed by atoms with Crippen molar-refractivity contribution in [3.63, 3.8) is 0 Å². The Hall–Kier alpha value is -4.42. The van der Waals surface area contributed by atoms with E-state index >= 15 is 0 Å². The third-order valence-corrected chi connectivity index (χ3v) is 6.57. The number of amides is 2. The first kappa shape index (κ1) is 26.6. The molecule has 9 nitrogen and oxygen atoms in total. The number of rotatable bonds is 8. The maximum absolute atomic E-state index is 13.2. The number of piperidine rings is 1. The van der Waals surface area contributed by atoms with Crippen LogP contribution in [0.5, 0.6) is 5.75 Å².